The average molecular weight is 468 g/mol. The van der Waals surface area contributed by atoms with Crippen LogP contribution >= 0.6 is 0 Å². The van der Waals surface area contributed by atoms with Crippen molar-refractivity contribution in [1.82, 2.24) is 14.9 Å². The highest BCUT2D eigenvalue weighted by Gasteiger charge is 2.51. The molecule has 176 valence electrons. The number of carbonyl (C=O) groups is 3. The Morgan fingerprint density at radius 1 is 1.11 bits per heavy atom. The van der Waals surface area contributed by atoms with Crippen LogP contribution in [0.2, 0.25) is 0 Å². The highest BCUT2D eigenvalue weighted by atomic mass is 16.5. The van der Waals surface area contributed by atoms with E-state index < -0.39 is 23.7 Å². The molecule has 2 aromatic heterocycles. The number of hydrogen-bond acceptors (Lipinski definition) is 5. The van der Waals surface area contributed by atoms with Gasteiger partial charge in [-0.15, -0.1) is 0 Å². The Balaban J connectivity index is 1.50. The molecule has 0 radical (unpaired) electrons. The first-order valence-electron chi connectivity index (χ1n) is 11.5. The smallest absolute Gasteiger partial charge is 0.291 e. The van der Waals surface area contributed by atoms with E-state index in [0.29, 0.717) is 18.5 Å². The summed E-state index contributed by atoms with van der Waals surface area (Å²) in [6, 6.07) is 16.0. The number of fused-ring (bicyclic) bond motifs is 1. The molecule has 1 N–H and O–H groups in total. The molecule has 1 saturated heterocycles. The molecule has 0 spiro atoms. The molecular formula is C28H25N3O4. The summed E-state index contributed by atoms with van der Waals surface area (Å²) in [5.41, 5.74) is 4.10. The predicted octanol–water partition coefficient (Wildman–Crippen LogP) is 4.07. The summed E-state index contributed by atoms with van der Waals surface area (Å²) in [5.74, 6) is -2.07. The molecule has 0 saturated carbocycles. The highest BCUT2D eigenvalue weighted by Crippen LogP contribution is 2.38. The van der Waals surface area contributed by atoms with Crippen LogP contribution in [0.5, 0.6) is 5.75 Å². The summed E-state index contributed by atoms with van der Waals surface area (Å²) in [5, 5.41) is 0.997. The van der Waals surface area contributed by atoms with Crippen LogP contribution in [-0.4, -0.2) is 46.0 Å². The number of nitrogens with zero attached hydrogens (tertiary/aromatic N) is 2. The molecule has 35 heavy (non-hydrogen) atoms. The standard InChI is InChI=1S/C28H25N3O4/c1-17-5-7-18(8-6-17)25-24(26(32)20-4-3-12-29-15-20)27(33)28(34)31(25)13-11-19-16-30-23-10-9-21(35-2)14-22(19)23/h3-10,12,14-16,24-25,30H,11,13H2,1-2H3. The molecule has 2 unspecified atom stereocenters. The SMILES string of the molecule is COc1ccc2[nH]cc(CCN3C(=O)C(=O)C(C(=O)c4cccnc4)C3c3ccc(C)cc3)c2c1. The summed E-state index contributed by atoms with van der Waals surface area (Å²) in [4.78, 5) is 48.6. The van der Waals surface area contributed by atoms with Crippen molar-refractivity contribution in [3.63, 3.8) is 0 Å². The summed E-state index contributed by atoms with van der Waals surface area (Å²) < 4.78 is 5.36. The summed E-state index contributed by atoms with van der Waals surface area (Å²) >= 11 is 0. The van der Waals surface area contributed by atoms with Gasteiger partial charge >= 0.3 is 0 Å². The fraction of sp³-hybridized carbons (Fsp3) is 0.214. The van der Waals surface area contributed by atoms with Crippen molar-refractivity contribution in [2.75, 3.05) is 13.7 Å². The molecule has 1 aliphatic rings. The number of carbonyl (C=O) groups excluding carboxylic acids is 3. The van der Waals surface area contributed by atoms with Gasteiger partial charge in [0.25, 0.3) is 5.91 Å². The lowest BCUT2D eigenvalue weighted by atomic mass is 9.86. The number of ketones is 2. The fourth-order valence-electron chi connectivity index (χ4n) is 4.78. The Labute approximate surface area is 202 Å². The minimum absolute atomic E-state index is 0.296. The average Bonchev–Trinajstić information content (AvgIpc) is 3.41. The van der Waals surface area contributed by atoms with E-state index in [-0.39, 0.29) is 5.78 Å². The van der Waals surface area contributed by atoms with Gasteiger partial charge in [-0.3, -0.25) is 19.4 Å². The van der Waals surface area contributed by atoms with Crippen LogP contribution < -0.4 is 4.74 Å². The lowest BCUT2D eigenvalue weighted by Crippen LogP contribution is -2.32. The number of benzene rings is 2. The number of methoxy groups -OCH3 is 1. The molecule has 0 aliphatic carbocycles. The van der Waals surface area contributed by atoms with Gasteiger partial charge in [-0.1, -0.05) is 29.8 Å². The number of H-pyrrole nitrogens is 1. The maximum Gasteiger partial charge on any atom is 0.291 e. The van der Waals surface area contributed by atoms with E-state index in [0.717, 1.165) is 33.3 Å². The van der Waals surface area contributed by atoms with E-state index in [2.05, 4.69) is 9.97 Å². The maximum atomic E-state index is 13.4. The minimum Gasteiger partial charge on any atom is -0.497 e. The van der Waals surface area contributed by atoms with Gasteiger partial charge < -0.3 is 14.6 Å². The van der Waals surface area contributed by atoms with Gasteiger partial charge in [0.05, 0.1) is 13.2 Å². The van der Waals surface area contributed by atoms with E-state index in [4.69, 9.17) is 4.74 Å². The second kappa shape index (κ2) is 9.18. The molecule has 5 rings (SSSR count). The number of amides is 1. The number of hydrogen-bond donors (Lipinski definition) is 1. The van der Waals surface area contributed by atoms with Crippen molar-refractivity contribution in [3.8, 4) is 5.75 Å². The van der Waals surface area contributed by atoms with Crippen molar-refractivity contribution in [3.05, 3.63) is 95.4 Å². The first-order valence-corrected chi connectivity index (χ1v) is 11.5. The van der Waals surface area contributed by atoms with Gasteiger partial charge in [0.2, 0.25) is 5.78 Å². The molecule has 1 amide bonds. The molecule has 2 aromatic carbocycles. The van der Waals surface area contributed by atoms with Crippen LogP contribution in [0.1, 0.15) is 33.1 Å². The quantitative estimate of drug-likeness (QED) is 0.251. The third-order valence-electron chi connectivity index (χ3n) is 6.65. The van der Waals surface area contributed by atoms with Crippen molar-refractivity contribution >= 4 is 28.4 Å². The number of likely N-dealkylation sites (tertiary alicyclic amines) is 1. The highest BCUT2D eigenvalue weighted by molar-refractivity contribution is 6.44. The summed E-state index contributed by atoms with van der Waals surface area (Å²) in [6.07, 6.45) is 5.43. The van der Waals surface area contributed by atoms with Gasteiger partial charge in [-0.2, -0.15) is 0 Å². The van der Waals surface area contributed by atoms with Gasteiger partial charge in [-0.05, 0) is 54.8 Å². The zero-order valence-electron chi connectivity index (χ0n) is 19.5. The molecule has 3 heterocycles. The number of aryl methyl sites for hydroxylation is 1. The van der Waals surface area contributed by atoms with Crippen LogP contribution in [-0.2, 0) is 16.0 Å². The molecule has 4 aromatic rings. The minimum atomic E-state index is -1.11. The molecule has 0 bridgehead atoms. The second-order valence-electron chi connectivity index (χ2n) is 8.78. The Hall–Kier alpha value is -4.26. The Morgan fingerprint density at radius 3 is 2.63 bits per heavy atom. The summed E-state index contributed by atoms with van der Waals surface area (Å²) in [6.45, 7) is 2.26. The number of pyridine rings is 1. The van der Waals surface area contributed by atoms with Gasteiger partial charge in [-0.25, -0.2) is 0 Å². The predicted molar refractivity (Wildman–Crippen MR) is 131 cm³/mol. The van der Waals surface area contributed by atoms with Crippen LogP contribution in [0.15, 0.2) is 73.2 Å². The maximum absolute atomic E-state index is 13.4. The second-order valence-corrected chi connectivity index (χ2v) is 8.78. The third kappa shape index (κ3) is 4.10. The normalized spacial score (nSPS) is 17.8. The molecule has 2 atom stereocenters. The zero-order chi connectivity index (χ0) is 24.5. The fourth-order valence-corrected chi connectivity index (χ4v) is 4.78. The lowest BCUT2D eigenvalue weighted by molar-refractivity contribution is -0.140. The number of aromatic amines is 1. The van der Waals surface area contributed by atoms with Crippen LogP contribution in [0, 0.1) is 12.8 Å². The molecule has 7 nitrogen and oxygen atoms in total. The molecular weight excluding hydrogens is 442 g/mol. The number of rotatable bonds is 7. The number of aromatic nitrogens is 2. The Morgan fingerprint density at radius 2 is 1.91 bits per heavy atom. The van der Waals surface area contributed by atoms with Crippen LogP contribution in [0.4, 0.5) is 0 Å². The molecule has 1 aliphatic heterocycles. The number of ether oxygens (including phenoxy) is 1. The van der Waals surface area contributed by atoms with Crippen LogP contribution in [0.3, 0.4) is 0 Å². The van der Waals surface area contributed by atoms with Crippen LogP contribution in [0.25, 0.3) is 10.9 Å². The topological polar surface area (TPSA) is 92.4 Å². The van der Waals surface area contributed by atoms with E-state index in [1.165, 1.54) is 6.20 Å². The summed E-state index contributed by atoms with van der Waals surface area (Å²) in [7, 11) is 1.62. The van der Waals surface area contributed by atoms with E-state index in [1.807, 2.05) is 55.6 Å². The van der Waals surface area contributed by atoms with Gasteiger partial charge in [0, 0.05) is 41.6 Å². The molecule has 7 heteroatoms. The van der Waals surface area contributed by atoms with Crippen molar-refractivity contribution in [1.29, 1.82) is 0 Å². The number of Topliss-reactive ketones (excluding diaryl/α,β-unsaturated/α-hetero) is 2. The van der Waals surface area contributed by atoms with Crippen molar-refractivity contribution in [2.24, 2.45) is 5.92 Å². The molecule has 1 fully saturated rings. The Kier molecular flexibility index (Phi) is 5.91. The van der Waals surface area contributed by atoms with Gasteiger partial charge in [0.1, 0.15) is 11.7 Å². The van der Waals surface area contributed by atoms with E-state index >= 15 is 0 Å². The van der Waals surface area contributed by atoms with Crippen molar-refractivity contribution in [2.45, 2.75) is 19.4 Å². The largest absolute Gasteiger partial charge is 0.497 e. The third-order valence-corrected chi connectivity index (χ3v) is 6.65. The monoisotopic (exact) mass is 467 g/mol. The van der Waals surface area contributed by atoms with E-state index in [1.54, 1.807) is 30.3 Å². The first kappa shape index (κ1) is 22.5. The van der Waals surface area contributed by atoms with Crippen molar-refractivity contribution < 1.29 is 19.1 Å². The van der Waals surface area contributed by atoms with Gasteiger partial charge in [0.15, 0.2) is 5.78 Å². The first-order chi connectivity index (χ1) is 17.0. The Bertz CT molecular complexity index is 1410. The zero-order valence-corrected chi connectivity index (χ0v) is 19.5. The number of nitrogens with one attached hydrogen (secondary N) is 1. The van der Waals surface area contributed by atoms with E-state index in [9.17, 15) is 14.4 Å². The lowest BCUT2D eigenvalue weighted by Gasteiger charge is -2.27.